The minimum Gasteiger partial charge on any atom is -0.375 e. The topological polar surface area (TPSA) is 59.2 Å². The Morgan fingerprint density at radius 1 is 1.31 bits per heavy atom. The lowest BCUT2D eigenvalue weighted by atomic mass is 9.93. The number of hydrogen-bond acceptors (Lipinski definition) is 6. The van der Waals surface area contributed by atoms with Crippen LogP contribution in [0.15, 0.2) is 35.2 Å². The van der Waals surface area contributed by atoms with E-state index in [9.17, 15) is 9.18 Å². The molecular weight excluding hydrogens is 452 g/mol. The maximum atomic E-state index is 14.5. The second-order valence-corrected chi connectivity index (χ2v) is 8.72. The number of ketones is 1. The number of rotatable bonds is 5. The number of Topliss-reactive ketones (excluding diaryl/α,β-unsaturated/α-hetero) is 1. The normalized spacial score (nSPS) is 21.9. The molecule has 2 fully saturated rings. The Morgan fingerprint density at radius 3 is 2.66 bits per heavy atom. The van der Waals surface area contributed by atoms with E-state index in [1.165, 1.54) is 17.4 Å². The van der Waals surface area contributed by atoms with E-state index in [1.807, 2.05) is 11.5 Å². The maximum Gasteiger partial charge on any atom is 0.180 e. The van der Waals surface area contributed by atoms with Gasteiger partial charge in [-0.05, 0) is 37.0 Å². The molecule has 158 valence electrons. The Kier molecular flexibility index (Phi) is 8.55. The average Bonchev–Trinajstić information content (AvgIpc) is 3.42. The molecule has 0 amide bonds. The molecule has 9 heteroatoms. The number of nitrogen functional groups attached to an aromatic ring is 1. The number of carbonyl (C=O) groups excluding carboxylic acids is 1. The predicted octanol–water partition coefficient (Wildman–Crippen LogP) is 4.82. The molecule has 2 atom stereocenters. The van der Waals surface area contributed by atoms with Crippen molar-refractivity contribution in [2.24, 2.45) is 5.92 Å². The zero-order chi connectivity index (χ0) is 19.0. The van der Waals surface area contributed by atoms with Gasteiger partial charge in [0.15, 0.2) is 10.9 Å². The molecule has 1 aliphatic heterocycles. The summed E-state index contributed by atoms with van der Waals surface area (Å²) in [4.78, 5) is 19.4. The minimum atomic E-state index is -0.538. The number of thiol groups is 1. The molecular formula is C20H24Cl2FN3OS2. The van der Waals surface area contributed by atoms with E-state index >= 15 is 0 Å². The van der Waals surface area contributed by atoms with Gasteiger partial charge in [-0.25, -0.2) is 9.37 Å². The first-order valence-corrected chi connectivity index (χ1v) is 10.5. The molecule has 1 saturated heterocycles. The molecule has 0 radical (unpaired) electrons. The van der Waals surface area contributed by atoms with Crippen molar-refractivity contribution in [2.75, 3.05) is 18.8 Å². The van der Waals surface area contributed by atoms with Crippen molar-refractivity contribution in [3.05, 3.63) is 52.3 Å². The number of benzene rings is 1. The Labute approximate surface area is 192 Å². The van der Waals surface area contributed by atoms with Crippen LogP contribution in [0.1, 0.15) is 36.6 Å². The fourth-order valence-corrected chi connectivity index (χ4v) is 4.42. The molecule has 2 N–H and O–H groups in total. The Morgan fingerprint density at radius 2 is 2.03 bits per heavy atom. The van der Waals surface area contributed by atoms with Crippen LogP contribution >= 0.6 is 48.8 Å². The first kappa shape index (κ1) is 24.2. The highest BCUT2D eigenvalue weighted by Gasteiger charge is 2.40. The van der Waals surface area contributed by atoms with Gasteiger partial charge in [-0.15, -0.1) is 36.2 Å². The van der Waals surface area contributed by atoms with Crippen LogP contribution in [0.2, 0.25) is 0 Å². The number of halogens is 3. The first-order valence-electron chi connectivity index (χ1n) is 9.14. The summed E-state index contributed by atoms with van der Waals surface area (Å²) in [6, 6.07) is 6.09. The number of nitrogens with zero attached hydrogens (tertiary/aromatic N) is 2. The highest BCUT2D eigenvalue weighted by molar-refractivity contribution is 7.81. The summed E-state index contributed by atoms with van der Waals surface area (Å²) < 4.78 is 14.5. The molecule has 1 aromatic heterocycles. The summed E-state index contributed by atoms with van der Waals surface area (Å²) in [5, 5.41) is 2.53. The zero-order valence-corrected chi connectivity index (χ0v) is 19.0. The van der Waals surface area contributed by atoms with Crippen LogP contribution < -0.4 is 5.73 Å². The van der Waals surface area contributed by atoms with Crippen molar-refractivity contribution < 1.29 is 9.18 Å². The number of nitrogens with two attached hydrogens (primary N) is 1. The number of thiazole rings is 1. The fourth-order valence-electron chi connectivity index (χ4n) is 3.63. The fraction of sp³-hybridized carbons (Fsp3) is 0.400. The maximum absolute atomic E-state index is 14.5. The van der Waals surface area contributed by atoms with Gasteiger partial charge in [0, 0.05) is 35.2 Å². The van der Waals surface area contributed by atoms with Gasteiger partial charge in [-0.2, -0.15) is 12.6 Å². The lowest BCUT2D eigenvalue weighted by molar-refractivity contribution is -0.126. The summed E-state index contributed by atoms with van der Waals surface area (Å²) in [5.74, 6) is -0.119. The molecule has 2 unspecified atom stereocenters. The van der Waals surface area contributed by atoms with E-state index in [0.717, 1.165) is 30.5 Å². The zero-order valence-electron chi connectivity index (χ0n) is 15.7. The molecule has 4 nitrogen and oxygen atoms in total. The molecule has 0 bridgehead atoms. The number of anilines is 1. The third kappa shape index (κ3) is 5.52. The molecule has 2 aromatic rings. The molecule has 29 heavy (non-hydrogen) atoms. The van der Waals surface area contributed by atoms with Gasteiger partial charge >= 0.3 is 0 Å². The average molecular weight is 476 g/mol. The van der Waals surface area contributed by atoms with Crippen LogP contribution in [-0.2, 0) is 4.79 Å². The Balaban J connectivity index is 0.00000150. The van der Waals surface area contributed by atoms with E-state index in [2.05, 4.69) is 9.88 Å². The summed E-state index contributed by atoms with van der Waals surface area (Å²) in [7, 11) is 0. The number of aromatic nitrogens is 1. The van der Waals surface area contributed by atoms with E-state index in [-0.39, 0.29) is 47.6 Å². The molecule has 2 aliphatic rings. The smallest absolute Gasteiger partial charge is 0.180 e. The summed E-state index contributed by atoms with van der Waals surface area (Å²) in [6.07, 6.45) is 4.62. The van der Waals surface area contributed by atoms with E-state index in [0.29, 0.717) is 23.8 Å². The van der Waals surface area contributed by atoms with Gasteiger partial charge in [0.25, 0.3) is 0 Å². The predicted molar refractivity (Wildman–Crippen MR) is 125 cm³/mol. The quantitative estimate of drug-likeness (QED) is 0.608. The van der Waals surface area contributed by atoms with Crippen molar-refractivity contribution >= 4 is 65.8 Å². The van der Waals surface area contributed by atoms with Crippen LogP contribution in [0.25, 0.3) is 6.08 Å². The van der Waals surface area contributed by atoms with Crippen molar-refractivity contribution in [3.63, 3.8) is 0 Å². The van der Waals surface area contributed by atoms with Crippen molar-refractivity contribution in [1.29, 1.82) is 0 Å². The van der Waals surface area contributed by atoms with E-state index in [1.54, 1.807) is 18.2 Å². The third-order valence-corrected chi connectivity index (χ3v) is 6.47. The first-order chi connectivity index (χ1) is 13.0. The van der Waals surface area contributed by atoms with Crippen molar-refractivity contribution in [1.82, 2.24) is 9.88 Å². The van der Waals surface area contributed by atoms with Crippen LogP contribution in [0.3, 0.4) is 0 Å². The minimum absolute atomic E-state index is 0. The van der Waals surface area contributed by atoms with Gasteiger partial charge in [0.2, 0.25) is 0 Å². The number of hydrogen-bond donors (Lipinski definition) is 2. The van der Waals surface area contributed by atoms with Crippen LogP contribution in [0.5, 0.6) is 0 Å². The molecule has 1 saturated carbocycles. The van der Waals surface area contributed by atoms with E-state index in [4.69, 9.17) is 18.4 Å². The van der Waals surface area contributed by atoms with Crippen LogP contribution in [0, 0.1) is 11.7 Å². The lowest BCUT2D eigenvalue weighted by Gasteiger charge is -2.37. The number of carbonyl (C=O) groups is 1. The largest absolute Gasteiger partial charge is 0.375 e. The SMILES string of the molecule is Cl.Cl.Nc1nc(C=C2CN(C(C(=O)C3CC3)c3ccccc3F)CCC2S)cs1. The Hall–Kier alpha value is -1.12. The summed E-state index contributed by atoms with van der Waals surface area (Å²) >= 11 is 6.10. The lowest BCUT2D eigenvalue weighted by Crippen LogP contribution is -2.42. The molecule has 0 spiro atoms. The Bertz CT molecular complexity index is 888. The molecule has 2 heterocycles. The standard InChI is InChI=1S/C20H22FN3OS2.2ClH/c21-16-4-2-1-3-15(16)18(19(25)12-5-6-12)24-8-7-17(26)13(10-24)9-14-11-27-20(22)23-14;;/h1-4,9,11-12,17-18,26H,5-8,10H2,(H2,22,23);2*1H. The van der Waals surface area contributed by atoms with Gasteiger partial charge in [-0.1, -0.05) is 18.2 Å². The molecule has 4 rings (SSSR count). The second kappa shape index (κ2) is 10.3. The molecule has 1 aromatic carbocycles. The van der Waals surface area contributed by atoms with Crippen molar-refractivity contribution in [2.45, 2.75) is 30.6 Å². The highest BCUT2D eigenvalue weighted by atomic mass is 35.5. The summed E-state index contributed by atoms with van der Waals surface area (Å²) in [6.45, 7) is 1.28. The number of piperidine rings is 1. The van der Waals surface area contributed by atoms with Gasteiger partial charge in [0.1, 0.15) is 5.82 Å². The van der Waals surface area contributed by atoms with Gasteiger partial charge in [-0.3, -0.25) is 9.69 Å². The van der Waals surface area contributed by atoms with Gasteiger partial charge in [0.05, 0.1) is 11.7 Å². The van der Waals surface area contributed by atoms with Crippen molar-refractivity contribution in [3.8, 4) is 0 Å². The number of likely N-dealkylation sites (tertiary alicyclic amines) is 1. The van der Waals surface area contributed by atoms with Crippen LogP contribution in [-0.4, -0.2) is 34.0 Å². The highest BCUT2D eigenvalue weighted by Crippen LogP contribution is 2.39. The third-order valence-electron chi connectivity index (χ3n) is 5.19. The van der Waals surface area contributed by atoms with Crippen LogP contribution in [0.4, 0.5) is 9.52 Å². The van der Waals surface area contributed by atoms with Gasteiger partial charge < -0.3 is 5.73 Å². The summed E-state index contributed by atoms with van der Waals surface area (Å²) in [5.41, 5.74) is 8.10. The molecule has 1 aliphatic carbocycles. The monoisotopic (exact) mass is 475 g/mol. The second-order valence-electron chi connectivity index (χ2n) is 7.21. The van der Waals surface area contributed by atoms with E-state index < -0.39 is 6.04 Å².